The fraction of sp³-hybridized carbons (Fsp3) is 0.571. The maximum absolute atomic E-state index is 12.7. The second-order valence-corrected chi connectivity index (χ2v) is 7.82. The van der Waals surface area contributed by atoms with E-state index < -0.39 is 10.0 Å². The van der Waals surface area contributed by atoms with Crippen molar-refractivity contribution in [3.8, 4) is 0 Å². The Balaban J connectivity index is 2.33. The summed E-state index contributed by atoms with van der Waals surface area (Å²) in [6.45, 7) is 5.38. The van der Waals surface area contributed by atoms with Gasteiger partial charge in [-0.3, -0.25) is 0 Å². The van der Waals surface area contributed by atoms with Crippen LogP contribution in [0.3, 0.4) is 0 Å². The summed E-state index contributed by atoms with van der Waals surface area (Å²) in [5, 5.41) is 0.444. The van der Waals surface area contributed by atoms with Gasteiger partial charge in [-0.25, -0.2) is 8.42 Å². The van der Waals surface area contributed by atoms with Crippen molar-refractivity contribution in [2.24, 2.45) is 5.41 Å². The Labute approximate surface area is 126 Å². The summed E-state index contributed by atoms with van der Waals surface area (Å²) in [4.78, 5) is 0.157. The average molecular weight is 317 g/mol. The molecule has 0 bridgehead atoms. The van der Waals surface area contributed by atoms with E-state index in [9.17, 15) is 8.42 Å². The summed E-state index contributed by atoms with van der Waals surface area (Å²) in [6, 6.07) is 4.54. The molecule has 1 aliphatic heterocycles. The highest BCUT2D eigenvalue weighted by molar-refractivity contribution is 7.89. The normalized spacial score (nSPS) is 19.4. The molecule has 1 aromatic rings. The Bertz CT molecular complexity index is 597. The standard InChI is InChI=1S/C14H21ClN2O2S/c1-3-14(4-2)7-8-17(10-14)20(18,19)13-6-5-11(15)9-12(13)16/h5-6,9H,3-4,7-8,10,16H2,1-2H3. The molecule has 112 valence electrons. The molecule has 0 atom stereocenters. The highest BCUT2D eigenvalue weighted by atomic mass is 35.5. The lowest BCUT2D eigenvalue weighted by Gasteiger charge is -2.26. The molecule has 2 rings (SSSR count). The van der Waals surface area contributed by atoms with Gasteiger partial charge in [0.15, 0.2) is 0 Å². The molecule has 1 aliphatic rings. The predicted molar refractivity (Wildman–Crippen MR) is 82.3 cm³/mol. The summed E-state index contributed by atoms with van der Waals surface area (Å²) in [6.07, 6.45) is 2.89. The van der Waals surface area contributed by atoms with Crippen LogP contribution in [0.2, 0.25) is 5.02 Å². The lowest BCUT2D eigenvalue weighted by atomic mass is 9.82. The minimum absolute atomic E-state index is 0.105. The molecule has 20 heavy (non-hydrogen) atoms. The van der Waals surface area contributed by atoms with Crippen molar-refractivity contribution in [2.45, 2.75) is 38.0 Å². The van der Waals surface area contributed by atoms with E-state index >= 15 is 0 Å². The smallest absolute Gasteiger partial charge is 0.245 e. The van der Waals surface area contributed by atoms with Crippen molar-refractivity contribution in [3.05, 3.63) is 23.2 Å². The predicted octanol–water partition coefficient (Wildman–Crippen LogP) is 3.12. The van der Waals surface area contributed by atoms with Gasteiger partial charge in [0.25, 0.3) is 0 Å². The van der Waals surface area contributed by atoms with Crippen LogP contribution in [0.4, 0.5) is 5.69 Å². The first-order chi connectivity index (χ1) is 9.34. The molecule has 4 nitrogen and oxygen atoms in total. The quantitative estimate of drug-likeness (QED) is 0.868. The number of halogens is 1. The summed E-state index contributed by atoms with van der Waals surface area (Å²) in [5.41, 5.74) is 6.13. The number of anilines is 1. The third-order valence-corrected chi connectivity index (χ3v) is 6.65. The Morgan fingerprint density at radius 1 is 1.35 bits per heavy atom. The van der Waals surface area contributed by atoms with Gasteiger partial charge in [0.2, 0.25) is 10.0 Å². The van der Waals surface area contributed by atoms with Gasteiger partial charge in [-0.15, -0.1) is 0 Å². The van der Waals surface area contributed by atoms with Crippen LogP contribution in [0.5, 0.6) is 0 Å². The van der Waals surface area contributed by atoms with Crippen LogP contribution in [0, 0.1) is 5.41 Å². The molecule has 0 amide bonds. The molecule has 2 N–H and O–H groups in total. The van der Waals surface area contributed by atoms with E-state index in [1.54, 1.807) is 10.4 Å². The zero-order chi connectivity index (χ0) is 15.0. The molecule has 1 heterocycles. The first-order valence-corrected chi connectivity index (χ1v) is 8.71. The first-order valence-electron chi connectivity index (χ1n) is 6.90. The minimum Gasteiger partial charge on any atom is -0.398 e. The Hall–Kier alpha value is -0.780. The Morgan fingerprint density at radius 3 is 2.50 bits per heavy atom. The van der Waals surface area contributed by atoms with E-state index in [1.165, 1.54) is 12.1 Å². The van der Waals surface area contributed by atoms with Gasteiger partial charge >= 0.3 is 0 Å². The fourth-order valence-electron chi connectivity index (χ4n) is 2.82. The van der Waals surface area contributed by atoms with Crippen molar-refractivity contribution in [1.82, 2.24) is 4.31 Å². The summed E-state index contributed by atoms with van der Waals surface area (Å²) < 4.78 is 26.9. The molecule has 1 aromatic carbocycles. The van der Waals surface area contributed by atoms with E-state index in [0.717, 1.165) is 19.3 Å². The molecule has 0 unspecified atom stereocenters. The van der Waals surface area contributed by atoms with Crippen LogP contribution in [-0.4, -0.2) is 25.8 Å². The number of nitrogen functional groups attached to an aromatic ring is 1. The molecule has 0 radical (unpaired) electrons. The number of hydrogen-bond acceptors (Lipinski definition) is 3. The number of rotatable bonds is 4. The van der Waals surface area contributed by atoms with E-state index in [4.69, 9.17) is 17.3 Å². The number of benzene rings is 1. The van der Waals surface area contributed by atoms with Gasteiger partial charge in [0.1, 0.15) is 4.90 Å². The fourth-order valence-corrected chi connectivity index (χ4v) is 4.65. The van der Waals surface area contributed by atoms with Crippen molar-refractivity contribution >= 4 is 27.3 Å². The van der Waals surface area contributed by atoms with Crippen LogP contribution in [-0.2, 0) is 10.0 Å². The van der Waals surface area contributed by atoms with Gasteiger partial charge in [0, 0.05) is 18.1 Å². The molecule has 0 aromatic heterocycles. The van der Waals surface area contributed by atoms with Gasteiger partial charge in [0.05, 0.1) is 5.69 Å². The summed E-state index contributed by atoms with van der Waals surface area (Å²) in [5.74, 6) is 0. The zero-order valence-corrected chi connectivity index (χ0v) is 13.5. The molecule has 0 aliphatic carbocycles. The number of nitrogens with zero attached hydrogens (tertiary/aromatic N) is 1. The monoisotopic (exact) mass is 316 g/mol. The molecular formula is C14H21ClN2O2S. The topological polar surface area (TPSA) is 63.4 Å². The second kappa shape index (κ2) is 5.54. The highest BCUT2D eigenvalue weighted by Crippen LogP contribution is 2.40. The Kier molecular flexibility index (Phi) is 4.33. The van der Waals surface area contributed by atoms with Crippen LogP contribution >= 0.6 is 11.6 Å². The number of nitrogens with two attached hydrogens (primary N) is 1. The third-order valence-electron chi connectivity index (χ3n) is 4.49. The van der Waals surface area contributed by atoms with Crippen LogP contribution in [0.1, 0.15) is 33.1 Å². The van der Waals surface area contributed by atoms with Crippen molar-refractivity contribution in [2.75, 3.05) is 18.8 Å². The lowest BCUT2D eigenvalue weighted by molar-refractivity contribution is 0.279. The highest BCUT2D eigenvalue weighted by Gasteiger charge is 2.41. The maximum Gasteiger partial charge on any atom is 0.245 e. The SMILES string of the molecule is CCC1(CC)CCN(S(=O)(=O)c2ccc(Cl)cc2N)C1. The first kappa shape index (κ1) is 15.6. The summed E-state index contributed by atoms with van der Waals surface area (Å²) >= 11 is 5.83. The van der Waals surface area contributed by atoms with Crippen LogP contribution in [0.15, 0.2) is 23.1 Å². The van der Waals surface area contributed by atoms with E-state index in [0.29, 0.717) is 18.1 Å². The molecule has 1 fully saturated rings. The largest absolute Gasteiger partial charge is 0.398 e. The molecule has 0 spiro atoms. The van der Waals surface area contributed by atoms with Crippen LogP contribution in [0.25, 0.3) is 0 Å². The molecular weight excluding hydrogens is 296 g/mol. The van der Waals surface area contributed by atoms with Gasteiger partial charge in [-0.05, 0) is 42.9 Å². The Morgan fingerprint density at radius 2 is 2.00 bits per heavy atom. The van der Waals surface area contributed by atoms with Gasteiger partial charge in [-0.1, -0.05) is 25.4 Å². The van der Waals surface area contributed by atoms with Gasteiger partial charge in [-0.2, -0.15) is 4.31 Å². The van der Waals surface area contributed by atoms with Gasteiger partial charge < -0.3 is 5.73 Å². The van der Waals surface area contributed by atoms with E-state index in [1.807, 2.05) is 0 Å². The average Bonchev–Trinajstić information content (AvgIpc) is 2.84. The summed E-state index contributed by atoms with van der Waals surface area (Å²) in [7, 11) is -3.53. The second-order valence-electron chi connectivity index (χ2n) is 5.48. The minimum atomic E-state index is -3.53. The maximum atomic E-state index is 12.7. The van der Waals surface area contributed by atoms with E-state index in [2.05, 4.69) is 13.8 Å². The van der Waals surface area contributed by atoms with Crippen LogP contribution < -0.4 is 5.73 Å². The van der Waals surface area contributed by atoms with Crippen molar-refractivity contribution < 1.29 is 8.42 Å². The lowest BCUT2D eigenvalue weighted by Crippen LogP contribution is -2.32. The number of sulfonamides is 1. The molecule has 1 saturated heterocycles. The third kappa shape index (κ3) is 2.67. The molecule has 0 saturated carbocycles. The van der Waals surface area contributed by atoms with Crippen molar-refractivity contribution in [1.29, 1.82) is 0 Å². The number of hydrogen-bond donors (Lipinski definition) is 1. The zero-order valence-electron chi connectivity index (χ0n) is 11.9. The van der Waals surface area contributed by atoms with E-state index in [-0.39, 0.29) is 16.0 Å². The molecule has 6 heteroatoms. The van der Waals surface area contributed by atoms with Crippen molar-refractivity contribution in [3.63, 3.8) is 0 Å².